The fourth-order valence-electron chi connectivity index (χ4n) is 3.84. The number of hydrogen-bond donors (Lipinski definition) is 3. The molecule has 0 spiro atoms. The first-order valence-electron chi connectivity index (χ1n) is 7.28. The normalized spacial score (nSPS) is 42.7. The molecule has 5 atom stereocenters. The third-order valence-corrected chi connectivity index (χ3v) is 5.08. The Morgan fingerprint density at radius 2 is 1.89 bits per heavy atom. The van der Waals surface area contributed by atoms with Crippen molar-refractivity contribution < 1.29 is 10.2 Å². The molecule has 3 rings (SSSR count). The molecule has 3 N–H and O–H groups in total. The van der Waals surface area contributed by atoms with E-state index in [4.69, 9.17) is 0 Å². The van der Waals surface area contributed by atoms with Gasteiger partial charge in [-0.15, -0.1) is 0 Å². The maximum Gasteiger partial charge on any atom is 0.0868 e. The van der Waals surface area contributed by atoms with Gasteiger partial charge in [-0.25, -0.2) is 0 Å². The predicted molar refractivity (Wildman–Crippen MR) is 74.7 cm³/mol. The van der Waals surface area contributed by atoms with Crippen LogP contribution in [0.4, 0.5) is 0 Å². The van der Waals surface area contributed by atoms with Gasteiger partial charge in [0.15, 0.2) is 0 Å². The van der Waals surface area contributed by atoms with Gasteiger partial charge in [0.25, 0.3) is 0 Å². The summed E-state index contributed by atoms with van der Waals surface area (Å²) in [5, 5.41) is 24.2. The van der Waals surface area contributed by atoms with E-state index in [1.165, 1.54) is 5.56 Å². The van der Waals surface area contributed by atoms with Gasteiger partial charge in [-0.2, -0.15) is 0 Å². The number of nitrogens with one attached hydrogen (secondary N) is 1. The largest absolute Gasteiger partial charge is 0.390 e. The Morgan fingerprint density at radius 3 is 2.63 bits per heavy atom. The molecule has 1 aliphatic carbocycles. The molecule has 1 saturated carbocycles. The van der Waals surface area contributed by atoms with Gasteiger partial charge in [-0.3, -0.25) is 0 Å². The molecule has 2 aliphatic rings. The van der Waals surface area contributed by atoms with E-state index in [1.807, 2.05) is 6.07 Å². The molecule has 0 amide bonds. The number of aliphatic hydroxyl groups is 2. The second-order valence-electron chi connectivity index (χ2n) is 6.34. The monoisotopic (exact) mass is 261 g/mol. The minimum atomic E-state index is -0.624. The molecule has 2 fully saturated rings. The first-order chi connectivity index (χ1) is 9.11. The van der Waals surface area contributed by atoms with Gasteiger partial charge in [-0.1, -0.05) is 37.3 Å². The van der Waals surface area contributed by atoms with Gasteiger partial charge in [0.05, 0.1) is 12.2 Å². The van der Waals surface area contributed by atoms with Crippen LogP contribution in [0.3, 0.4) is 0 Å². The highest BCUT2D eigenvalue weighted by Gasteiger charge is 2.51. The van der Waals surface area contributed by atoms with Crippen LogP contribution < -0.4 is 5.32 Å². The molecule has 1 aliphatic heterocycles. The molecule has 1 aromatic rings. The lowest BCUT2D eigenvalue weighted by molar-refractivity contribution is -0.0568. The number of aliphatic hydroxyl groups excluding tert-OH is 2. The molecule has 19 heavy (non-hydrogen) atoms. The lowest BCUT2D eigenvalue weighted by atomic mass is 9.74. The molecule has 3 nitrogen and oxygen atoms in total. The Hall–Kier alpha value is -0.900. The molecule has 0 radical (unpaired) electrons. The smallest absolute Gasteiger partial charge is 0.0868 e. The fourth-order valence-corrected chi connectivity index (χ4v) is 3.84. The molecule has 0 aromatic heterocycles. The lowest BCUT2D eigenvalue weighted by Crippen LogP contribution is -2.46. The molecule has 0 bridgehead atoms. The number of hydrogen-bond acceptors (Lipinski definition) is 3. The maximum atomic E-state index is 10.5. The van der Waals surface area contributed by atoms with Gasteiger partial charge in [0.2, 0.25) is 0 Å². The highest BCUT2D eigenvalue weighted by atomic mass is 16.3. The Balaban J connectivity index is 1.86. The SMILES string of the molecule is C[C@@]12C[C@H](c3ccccc3)N[C@@H]1CCC[C@@H](O)[C@@H]2O. The standard InChI is InChI=1S/C16H23NO2/c1-16-10-12(11-6-3-2-4-7-11)17-14(16)9-5-8-13(18)15(16)19/h2-4,6-7,12-15,17-19H,5,8-10H2,1H3/t12-,13-,14-,15+,16-/m1/s1. The predicted octanol–water partition coefficient (Wildman–Crippen LogP) is 2.00. The zero-order valence-corrected chi connectivity index (χ0v) is 11.4. The minimum Gasteiger partial charge on any atom is -0.390 e. The Morgan fingerprint density at radius 1 is 1.16 bits per heavy atom. The molecule has 104 valence electrons. The molecule has 3 heteroatoms. The number of benzene rings is 1. The van der Waals surface area contributed by atoms with Crippen LogP contribution in [0.5, 0.6) is 0 Å². The molecule has 0 unspecified atom stereocenters. The number of rotatable bonds is 1. The van der Waals surface area contributed by atoms with E-state index in [-0.39, 0.29) is 11.5 Å². The van der Waals surface area contributed by atoms with E-state index < -0.39 is 12.2 Å². The van der Waals surface area contributed by atoms with Crippen LogP contribution in [0.1, 0.15) is 44.2 Å². The summed E-state index contributed by atoms with van der Waals surface area (Å²) in [6, 6.07) is 11.0. The van der Waals surface area contributed by atoms with Crippen LogP contribution in [-0.2, 0) is 0 Å². The maximum absolute atomic E-state index is 10.5. The average molecular weight is 261 g/mol. The Bertz CT molecular complexity index is 436. The first kappa shape index (κ1) is 13.1. The summed E-state index contributed by atoms with van der Waals surface area (Å²) >= 11 is 0. The van der Waals surface area contributed by atoms with E-state index in [9.17, 15) is 10.2 Å². The van der Waals surface area contributed by atoms with Crippen LogP contribution in [-0.4, -0.2) is 28.5 Å². The molecule has 1 heterocycles. The number of fused-ring (bicyclic) bond motifs is 1. The molecular formula is C16H23NO2. The molecule has 1 saturated heterocycles. The quantitative estimate of drug-likeness (QED) is 0.725. The van der Waals surface area contributed by atoms with Crippen molar-refractivity contribution in [3.8, 4) is 0 Å². The van der Waals surface area contributed by atoms with Gasteiger partial charge in [-0.05, 0) is 31.2 Å². The van der Waals surface area contributed by atoms with Gasteiger partial charge < -0.3 is 15.5 Å². The van der Waals surface area contributed by atoms with Crippen LogP contribution in [0.15, 0.2) is 30.3 Å². The van der Waals surface area contributed by atoms with Crippen molar-refractivity contribution in [1.82, 2.24) is 5.32 Å². The van der Waals surface area contributed by atoms with Crippen molar-refractivity contribution in [2.45, 2.75) is 56.9 Å². The van der Waals surface area contributed by atoms with Crippen LogP contribution in [0, 0.1) is 5.41 Å². The van der Waals surface area contributed by atoms with Gasteiger partial charge in [0.1, 0.15) is 0 Å². The third-order valence-electron chi connectivity index (χ3n) is 5.08. The van der Waals surface area contributed by atoms with Crippen molar-refractivity contribution in [1.29, 1.82) is 0 Å². The van der Waals surface area contributed by atoms with Crippen molar-refractivity contribution in [2.24, 2.45) is 5.41 Å². The second kappa shape index (κ2) is 4.89. The van der Waals surface area contributed by atoms with E-state index >= 15 is 0 Å². The van der Waals surface area contributed by atoms with Crippen molar-refractivity contribution in [3.63, 3.8) is 0 Å². The third kappa shape index (κ3) is 2.20. The summed E-state index contributed by atoms with van der Waals surface area (Å²) in [4.78, 5) is 0. The van der Waals surface area contributed by atoms with Crippen molar-refractivity contribution >= 4 is 0 Å². The zero-order chi connectivity index (χ0) is 13.5. The lowest BCUT2D eigenvalue weighted by Gasteiger charge is -2.35. The summed E-state index contributed by atoms with van der Waals surface area (Å²) < 4.78 is 0. The molecular weight excluding hydrogens is 238 g/mol. The van der Waals surface area contributed by atoms with Crippen molar-refractivity contribution in [3.05, 3.63) is 35.9 Å². The van der Waals surface area contributed by atoms with Gasteiger partial charge in [0, 0.05) is 17.5 Å². The summed E-state index contributed by atoms with van der Waals surface area (Å²) in [6.45, 7) is 2.12. The van der Waals surface area contributed by atoms with Gasteiger partial charge >= 0.3 is 0 Å². The van der Waals surface area contributed by atoms with Crippen LogP contribution >= 0.6 is 0 Å². The van der Waals surface area contributed by atoms with Crippen LogP contribution in [0.2, 0.25) is 0 Å². The van der Waals surface area contributed by atoms with Crippen LogP contribution in [0.25, 0.3) is 0 Å². The molecule has 1 aromatic carbocycles. The Kier molecular flexibility index (Phi) is 3.37. The highest BCUT2D eigenvalue weighted by Crippen LogP contribution is 2.47. The average Bonchev–Trinajstić information content (AvgIpc) is 2.73. The summed E-state index contributed by atoms with van der Waals surface area (Å²) in [7, 11) is 0. The topological polar surface area (TPSA) is 52.5 Å². The first-order valence-corrected chi connectivity index (χ1v) is 7.28. The second-order valence-corrected chi connectivity index (χ2v) is 6.34. The van der Waals surface area contributed by atoms with E-state index in [0.29, 0.717) is 12.5 Å². The minimum absolute atomic E-state index is 0.226. The van der Waals surface area contributed by atoms with E-state index in [2.05, 4.69) is 36.5 Å². The van der Waals surface area contributed by atoms with E-state index in [1.54, 1.807) is 0 Å². The fraction of sp³-hybridized carbons (Fsp3) is 0.625. The summed E-state index contributed by atoms with van der Waals surface area (Å²) in [5.41, 5.74) is 1.05. The van der Waals surface area contributed by atoms with Crippen molar-refractivity contribution in [2.75, 3.05) is 0 Å². The van der Waals surface area contributed by atoms with E-state index in [0.717, 1.165) is 19.3 Å². The summed E-state index contributed by atoms with van der Waals surface area (Å²) in [5.74, 6) is 0. The summed E-state index contributed by atoms with van der Waals surface area (Å²) in [6.07, 6.45) is 2.42. The zero-order valence-electron chi connectivity index (χ0n) is 11.4. The Labute approximate surface area is 114 Å². The highest BCUT2D eigenvalue weighted by molar-refractivity contribution is 5.22.